The molecule has 0 aliphatic carbocycles. The van der Waals surface area contributed by atoms with Gasteiger partial charge in [-0.25, -0.2) is 0 Å². The molecule has 0 aliphatic heterocycles. The van der Waals surface area contributed by atoms with E-state index in [9.17, 15) is 4.79 Å². The highest BCUT2D eigenvalue weighted by Gasteiger charge is 2.14. The minimum Gasteiger partial charge on any atom is -0.295 e. The third kappa shape index (κ3) is 4.14. The number of carbonyl (C=O) groups excluding carboxylic acids is 1. The van der Waals surface area contributed by atoms with E-state index in [0.717, 1.165) is 19.9 Å². The molecule has 2 nitrogen and oxygen atoms in total. The number of ketones is 1. The maximum atomic E-state index is 12.1. The first kappa shape index (κ1) is 14.7. The fourth-order valence-electron chi connectivity index (χ4n) is 1.81. The van der Waals surface area contributed by atoms with Gasteiger partial charge in [0.2, 0.25) is 0 Å². The second-order valence-electron chi connectivity index (χ2n) is 4.32. The summed E-state index contributed by atoms with van der Waals surface area (Å²) in [5.41, 5.74) is 1.10. The van der Waals surface area contributed by atoms with Gasteiger partial charge in [0.1, 0.15) is 0 Å². The van der Waals surface area contributed by atoms with E-state index in [1.807, 2.05) is 47.7 Å². The lowest BCUT2D eigenvalue weighted by molar-refractivity contribution is 0.0946. The van der Waals surface area contributed by atoms with Gasteiger partial charge in [0.15, 0.2) is 5.78 Å². The largest absolute Gasteiger partial charge is 0.295 e. The van der Waals surface area contributed by atoms with E-state index < -0.39 is 0 Å². The topological polar surface area (TPSA) is 20.3 Å². The van der Waals surface area contributed by atoms with Gasteiger partial charge >= 0.3 is 0 Å². The zero-order valence-electron chi connectivity index (χ0n) is 10.4. The summed E-state index contributed by atoms with van der Waals surface area (Å²) in [5, 5.41) is 2.63. The van der Waals surface area contributed by atoms with Crippen molar-refractivity contribution >= 4 is 44.7 Å². The molecule has 0 amide bonds. The van der Waals surface area contributed by atoms with Crippen LogP contribution in [0.3, 0.4) is 0 Å². The van der Waals surface area contributed by atoms with Crippen LogP contribution in [-0.4, -0.2) is 24.3 Å². The number of thiophene rings is 1. The second kappa shape index (κ2) is 6.66. The molecule has 100 valence electrons. The highest BCUT2D eigenvalue weighted by atomic mass is 79.9. The van der Waals surface area contributed by atoms with Crippen LogP contribution in [0.15, 0.2) is 40.2 Å². The molecule has 0 saturated carbocycles. The summed E-state index contributed by atoms with van der Waals surface area (Å²) in [4.78, 5) is 14.9. The highest BCUT2D eigenvalue weighted by molar-refractivity contribution is 9.10. The number of rotatable bonds is 5. The van der Waals surface area contributed by atoms with Gasteiger partial charge in [0, 0.05) is 16.0 Å². The van der Waals surface area contributed by atoms with E-state index in [2.05, 4.69) is 15.9 Å². The van der Waals surface area contributed by atoms with Crippen LogP contribution in [-0.2, 0) is 6.54 Å². The van der Waals surface area contributed by atoms with Crippen LogP contribution in [0.5, 0.6) is 0 Å². The molecule has 1 heterocycles. The van der Waals surface area contributed by atoms with Crippen LogP contribution in [0, 0.1) is 0 Å². The number of hydrogen-bond acceptors (Lipinski definition) is 3. The minimum absolute atomic E-state index is 0.131. The van der Waals surface area contributed by atoms with Crippen molar-refractivity contribution in [2.75, 3.05) is 13.6 Å². The van der Waals surface area contributed by atoms with Gasteiger partial charge in [0.25, 0.3) is 0 Å². The van der Waals surface area contributed by atoms with Crippen LogP contribution >= 0.6 is 38.9 Å². The molecule has 0 fully saturated rings. The van der Waals surface area contributed by atoms with Crippen LogP contribution in [0.25, 0.3) is 0 Å². The van der Waals surface area contributed by atoms with E-state index in [-0.39, 0.29) is 5.78 Å². The van der Waals surface area contributed by atoms with Crippen LogP contribution in [0.2, 0.25) is 5.02 Å². The van der Waals surface area contributed by atoms with E-state index in [1.165, 1.54) is 11.3 Å². The maximum absolute atomic E-state index is 12.1. The Kier molecular flexibility index (Phi) is 5.16. The molecule has 0 bridgehead atoms. The third-order valence-corrected chi connectivity index (χ3v) is 4.74. The molecule has 2 aromatic rings. The lowest BCUT2D eigenvalue weighted by Gasteiger charge is -2.15. The summed E-state index contributed by atoms with van der Waals surface area (Å²) in [7, 11) is 1.93. The first-order valence-electron chi connectivity index (χ1n) is 5.75. The number of carbonyl (C=O) groups is 1. The maximum Gasteiger partial charge on any atom is 0.187 e. The fourth-order valence-corrected chi connectivity index (χ4v) is 3.55. The van der Waals surface area contributed by atoms with Gasteiger partial charge in [-0.3, -0.25) is 9.69 Å². The summed E-state index contributed by atoms with van der Waals surface area (Å²) in [5.74, 6) is 0.131. The van der Waals surface area contributed by atoms with E-state index >= 15 is 0 Å². The Labute approximate surface area is 130 Å². The van der Waals surface area contributed by atoms with Gasteiger partial charge in [-0.1, -0.05) is 23.7 Å². The van der Waals surface area contributed by atoms with E-state index in [4.69, 9.17) is 11.6 Å². The zero-order chi connectivity index (χ0) is 13.8. The molecular formula is C14H13BrClNOS. The van der Waals surface area contributed by atoms with Gasteiger partial charge in [-0.15, -0.1) is 11.3 Å². The molecule has 0 N–H and O–H groups in total. The summed E-state index contributed by atoms with van der Waals surface area (Å²) in [6.45, 7) is 1.10. The van der Waals surface area contributed by atoms with Crippen LogP contribution in [0.1, 0.15) is 15.2 Å². The van der Waals surface area contributed by atoms with Crippen molar-refractivity contribution in [1.29, 1.82) is 0 Å². The molecule has 0 unspecified atom stereocenters. The standard InChI is InChI=1S/C14H13BrClNOS/c1-17(8-10-3-2-4-11(16)7-10)9-13(18)14-12(15)5-6-19-14/h2-7H,8-9H2,1H3. The molecule has 0 radical (unpaired) electrons. The number of Topliss-reactive ketones (excluding diaryl/α,β-unsaturated/α-hetero) is 1. The Hall–Kier alpha value is -0.680. The molecule has 19 heavy (non-hydrogen) atoms. The third-order valence-electron chi connectivity index (χ3n) is 2.63. The average Bonchev–Trinajstić information content (AvgIpc) is 2.75. The van der Waals surface area contributed by atoms with Crippen molar-refractivity contribution in [3.63, 3.8) is 0 Å². The zero-order valence-corrected chi connectivity index (χ0v) is 13.6. The molecule has 2 rings (SSSR count). The molecule has 0 saturated heterocycles. The predicted molar refractivity (Wildman–Crippen MR) is 84.1 cm³/mol. The lowest BCUT2D eigenvalue weighted by Crippen LogP contribution is -2.25. The Morgan fingerprint density at radius 3 is 2.84 bits per heavy atom. The van der Waals surface area contributed by atoms with Gasteiger partial charge in [-0.2, -0.15) is 0 Å². The van der Waals surface area contributed by atoms with Crippen LogP contribution in [0.4, 0.5) is 0 Å². The smallest absolute Gasteiger partial charge is 0.187 e. The minimum atomic E-state index is 0.131. The summed E-state index contributed by atoms with van der Waals surface area (Å²) in [6, 6.07) is 9.59. The Morgan fingerprint density at radius 1 is 1.42 bits per heavy atom. The number of hydrogen-bond donors (Lipinski definition) is 0. The second-order valence-corrected chi connectivity index (χ2v) is 6.53. The molecule has 0 spiro atoms. The first-order chi connectivity index (χ1) is 9.06. The fraction of sp³-hybridized carbons (Fsp3) is 0.214. The van der Waals surface area contributed by atoms with Crippen molar-refractivity contribution in [3.8, 4) is 0 Å². The predicted octanol–water partition coefficient (Wildman–Crippen LogP) is 4.48. The summed E-state index contributed by atoms with van der Waals surface area (Å²) in [6.07, 6.45) is 0. The Bertz CT molecular complexity index is 584. The SMILES string of the molecule is CN(CC(=O)c1sccc1Br)Cc1cccc(Cl)c1. The first-order valence-corrected chi connectivity index (χ1v) is 7.80. The van der Waals surface area contributed by atoms with Crippen molar-refractivity contribution in [3.05, 3.63) is 55.6 Å². The Balaban J connectivity index is 1.96. The van der Waals surface area contributed by atoms with Crippen molar-refractivity contribution in [1.82, 2.24) is 4.90 Å². The monoisotopic (exact) mass is 357 g/mol. The highest BCUT2D eigenvalue weighted by Crippen LogP contribution is 2.23. The van der Waals surface area contributed by atoms with E-state index in [0.29, 0.717) is 13.1 Å². The molecule has 0 aliphatic rings. The molecule has 0 atom stereocenters. The summed E-state index contributed by atoms with van der Waals surface area (Å²) >= 11 is 10.8. The van der Waals surface area contributed by atoms with Crippen molar-refractivity contribution in [2.45, 2.75) is 6.54 Å². The molecule has 1 aromatic carbocycles. The number of likely N-dealkylation sites (N-methyl/N-ethyl adjacent to an activating group) is 1. The van der Waals surface area contributed by atoms with Crippen molar-refractivity contribution in [2.24, 2.45) is 0 Å². The number of nitrogens with zero attached hydrogens (tertiary/aromatic N) is 1. The molecule has 1 aromatic heterocycles. The quantitative estimate of drug-likeness (QED) is 0.735. The number of benzene rings is 1. The summed E-state index contributed by atoms with van der Waals surface area (Å²) < 4.78 is 0.874. The van der Waals surface area contributed by atoms with E-state index in [1.54, 1.807) is 0 Å². The molecular weight excluding hydrogens is 346 g/mol. The normalized spacial score (nSPS) is 10.9. The average molecular weight is 359 g/mol. The van der Waals surface area contributed by atoms with Crippen LogP contribution < -0.4 is 0 Å². The van der Waals surface area contributed by atoms with Gasteiger partial charge in [0.05, 0.1) is 11.4 Å². The van der Waals surface area contributed by atoms with Gasteiger partial charge in [-0.05, 0) is 52.1 Å². The Morgan fingerprint density at radius 2 is 2.21 bits per heavy atom. The lowest BCUT2D eigenvalue weighted by atomic mass is 10.2. The van der Waals surface area contributed by atoms with Gasteiger partial charge < -0.3 is 0 Å². The molecule has 5 heteroatoms. The number of halogens is 2. The van der Waals surface area contributed by atoms with Crippen molar-refractivity contribution < 1.29 is 4.79 Å².